The van der Waals surface area contributed by atoms with E-state index in [1.165, 1.54) is 24.3 Å². The smallest absolute Gasteiger partial charge is 0.215 e. The minimum atomic E-state index is 0.239. The molecule has 16 heavy (non-hydrogen) atoms. The van der Waals surface area contributed by atoms with Gasteiger partial charge in [-0.05, 0) is 35.9 Å². The van der Waals surface area contributed by atoms with Gasteiger partial charge in [0.25, 0.3) is 0 Å². The second-order valence-electron chi connectivity index (χ2n) is 4.00. The number of rotatable bonds is 4. The molecule has 1 saturated heterocycles. The third kappa shape index (κ3) is 2.59. The van der Waals surface area contributed by atoms with Gasteiger partial charge in [-0.3, -0.25) is 4.79 Å². The Labute approximate surface area is 99.3 Å². The van der Waals surface area contributed by atoms with E-state index in [4.69, 9.17) is 4.74 Å². The third-order valence-corrected chi connectivity index (χ3v) is 5.26. The number of para-hydroxylation sites is 1. The Morgan fingerprint density at radius 3 is 2.69 bits per heavy atom. The molecule has 0 spiro atoms. The van der Waals surface area contributed by atoms with Crippen LogP contribution in [-0.4, -0.2) is 30.2 Å². The number of ether oxygens (including phenoxy) is 1. The molecule has 2 rings (SSSR count). The predicted octanol–water partition coefficient (Wildman–Crippen LogP) is 2.29. The summed E-state index contributed by atoms with van der Waals surface area (Å²) in [6.07, 6.45) is 2.59. The monoisotopic (exact) mass is 237 g/mol. The maximum atomic E-state index is 12.1. The lowest BCUT2D eigenvalue weighted by atomic mass is 10.1. The van der Waals surface area contributed by atoms with E-state index in [1.807, 2.05) is 24.3 Å². The van der Waals surface area contributed by atoms with Crippen LogP contribution in [0, 0.1) is 0 Å². The fourth-order valence-electron chi connectivity index (χ4n) is 2.00. The summed E-state index contributed by atoms with van der Waals surface area (Å²) in [6.45, 7) is 0. The Morgan fingerprint density at radius 2 is 2.00 bits per heavy atom. The van der Waals surface area contributed by atoms with Gasteiger partial charge in [-0.1, -0.05) is 12.1 Å². The molecule has 1 aromatic carbocycles. The van der Waals surface area contributed by atoms with Crippen molar-refractivity contribution >= 4 is 16.7 Å². The number of benzene rings is 1. The molecule has 0 atom stereocenters. The summed E-state index contributed by atoms with van der Waals surface area (Å²) in [5, 5.41) is 0. The van der Waals surface area contributed by atoms with E-state index >= 15 is 0 Å². The van der Waals surface area contributed by atoms with Crippen LogP contribution in [0.2, 0.25) is 0 Å². The summed E-state index contributed by atoms with van der Waals surface area (Å²) in [4.78, 5) is 12.1. The lowest BCUT2D eigenvalue weighted by Crippen LogP contribution is -2.18. The van der Waals surface area contributed by atoms with Crippen molar-refractivity contribution in [3.05, 3.63) is 29.8 Å². The van der Waals surface area contributed by atoms with Crippen molar-refractivity contribution < 1.29 is 9.53 Å². The quantitative estimate of drug-likeness (QED) is 0.593. The topological polar surface area (TPSA) is 26.3 Å². The first-order valence-corrected chi connectivity index (χ1v) is 7.35. The van der Waals surface area contributed by atoms with Gasteiger partial charge in [-0.25, -0.2) is 0 Å². The van der Waals surface area contributed by atoms with Crippen molar-refractivity contribution in [2.45, 2.75) is 12.8 Å². The van der Waals surface area contributed by atoms with Crippen LogP contribution in [0.3, 0.4) is 0 Å². The van der Waals surface area contributed by atoms with Gasteiger partial charge in [0, 0.05) is 0 Å². The molecule has 86 valence electrons. The van der Waals surface area contributed by atoms with Crippen LogP contribution in [-0.2, 0) is 10.9 Å². The van der Waals surface area contributed by atoms with Crippen molar-refractivity contribution in [3.63, 3.8) is 0 Å². The molecule has 2 nitrogen and oxygen atoms in total. The molecule has 1 heterocycles. The van der Waals surface area contributed by atoms with Gasteiger partial charge in [-0.15, -0.1) is 0 Å². The van der Waals surface area contributed by atoms with Crippen molar-refractivity contribution in [2.75, 3.05) is 24.4 Å². The standard InChI is InChI=1S/C13H17O2S/c1-15-13-7-3-2-6-11(13)12(14)10-16-8-4-5-9-16/h2-3,6-7H,4-5,8-10H2,1H3/q+1. The van der Waals surface area contributed by atoms with Crippen LogP contribution in [0.4, 0.5) is 0 Å². The first-order chi connectivity index (χ1) is 7.81. The molecule has 0 saturated carbocycles. The van der Waals surface area contributed by atoms with Gasteiger partial charge < -0.3 is 4.74 Å². The van der Waals surface area contributed by atoms with Gasteiger partial charge >= 0.3 is 0 Å². The highest BCUT2D eigenvalue weighted by atomic mass is 32.2. The third-order valence-electron chi connectivity index (χ3n) is 2.86. The van der Waals surface area contributed by atoms with Crippen molar-refractivity contribution in [2.24, 2.45) is 0 Å². The maximum absolute atomic E-state index is 12.1. The molecule has 3 heteroatoms. The second-order valence-corrected chi connectivity index (χ2v) is 6.33. The minimum Gasteiger partial charge on any atom is -0.496 e. The highest BCUT2D eigenvalue weighted by Crippen LogP contribution is 2.21. The van der Waals surface area contributed by atoms with E-state index in [9.17, 15) is 4.79 Å². The average Bonchev–Trinajstić information content (AvgIpc) is 2.81. The molecule has 0 aliphatic carbocycles. The van der Waals surface area contributed by atoms with Gasteiger partial charge in [0.05, 0.1) is 12.7 Å². The molecule has 1 aliphatic heterocycles. The van der Waals surface area contributed by atoms with Crippen molar-refractivity contribution in [3.8, 4) is 5.75 Å². The highest BCUT2D eigenvalue weighted by molar-refractivity contribution is 7.97. The maximum Gasteiger partial charge on any atom is 0.215 e. The second kappa shape index (κ2) is 5.39. The molecule has 0 aromatic heterocycles. The predicted molar refractivity (Wildman–Crippen MR) is 68.5 cm³/mol. The summed E-state index contributed by atoms with van der Waals surface area (Å²) >= 11 is 0. The summed E-state index contributed by atoms with van der Waals surface area (Å²) in [5.41, 5.74) is 0.740. The summed E-state index contributed by atoms with van der Waals surface area (Å²) in [6, 6.07) is 7.51. The Hall–Kier alpha value is -0.960. The van der Waals surface area contributed by atoms with Gasteiger partial charge in [-0.2, -0.15) is 0 Å². The highest BCUT2D eigenvalue weighted by Gasteiger charge is 2.28. The number of methoxy groups -OCH3 is 1. The molecular formula is C13H17O2S+. The van der Waals surface area contributed by atoms with E-state index in [1.54, 1.807) is 7.11 Å². The van der Waals surface area contributed by atoms with E-state index in [2.05, 4.69) is 0 Å². The number of carbonyl (C=O) groups excluding carboxylic acids is 1. The van der Waals surface area contributed by atoms with Crippen LogP contribution >= 0.6 is 0 Å². The zero-order valence-corrected chi connectivity index (χ0v) is 10.4. The molecular weight excluding hydrogens is 220 g/mol. The molecule has 0 bridgehead atoms. The molecule has 1 aliphatic rings. The zero-order valence-electron chi connectivity index (χ0n) is 9.57. The Balaban J connectivity index is 2.07. The fourth-order valence-corrected chi connectivity index (χ4v) is 4.24. The van der Waals surface area contributed by atoms with Gasteiger partial charge in [0.15, 0.2) is 5.75 Å². The largest absolute Gasteiger partial charge is 0.496 e. The van der Waals surface area contributed by atoms with E-state index in [0.29, 0.717) is 22.4 Å². The first-order valence-electron chi connectivity index (χ1n) is 5.61. The lowest BCUT2D eigenvalue weighted by Gasteiger charge is -2.06. The minimum absolute atomic E-state index is 0.239. The Morgan fingerprint density at radius 1 is 1.31 bits per heavy atom. The van der Waals surface area contributed by atoms with Crippen molar-refractivity contribution in [1.29, 1.82) is 0 Å². The van der Waals surface area contributed by atoms with Crippen LogP contribution in [0.25, 0.3) is 0 Å². The van der Waals surface area contributed by atoms with E-state index < -0.39 is 0 Å². The van der Waals surface area contributed by atoms with Crippen LogP contribution in [0.5, 0.6) is 5.75 Å². The molecule has 0 radical (unpaired) electrons. The van der Waals surface area contributed by atoms with Crippen molar-refractivity contribution in [1.82, 2.24) is 0 Å². The number of ketones is 1. The summed E-state index contributed by atoms with van der Waals surface area (Å²) < 4.78 is 5.21. The zero-order chi connectivity index (χ0) is 11.4. The summed E-state index contributed by atoms with van der Waals surface area (Å²) in [7, 11) is 1.94. The van der Waals surface area contributed by atoms with E-state index in [0.717, 1.165) is 5.56 Å². The molecule has 0 amide bonds. The SMILES string of the molecule is COc1ccccc1C(=O)C[S+]1CCCC1. The van der Waals surface area contributed by atoms with E-state index in [-0.39, 0.29) is 5.78 Å². The molecule has 0 unspecified atom stereocenters. The van der Waals surface area contributed by atoms with Gasteiger partial charge in [0.2, 0.25) is 5.78 Å². The number of Topliss-reactive ketones (excluding diaryl/α,β-unsaturated/α-hetero) is 1. The number of hydrogen-bond acceptors (Lipinski definition) is 2. The fraction of sp³-hybridized carbons (Fsp3) is 0.462. The Bertz CT molecular complexity index is 370. The normalized spacial score (nSPS) is 16.3. The van der Waals surface area contributed by atoms with Crippen LogP contribution < -0.4 is 4.74 Å². The summed E-state index contributed by atoms with van der Waals surface area (Å²) in [5.74, 6) is 4.13. The van der Waals surface area contributed by atoms with Crippen LogP contribution in [0.15, 0.2) is 24.3 Å². The molecule has 1 fully saturated rings. The van der Waals surface area contributed by atoms with Crippen LogP contribution in [0.1, 0.15) is 23.2 Å². The first kappa shape index (κ1) is 11.5. The Kier molecular flexibility index (Phi) is 3.88. The average molecular weight is 237 g/mol. The molecule has 0 N–H and O–H groups in total. The number of carbonyl (C=O) groups is 1. The lowest BCUT2D eigenvalue weighted by molar-refractivity contribution is 0.101. The number of hydrogen-bond donors (Lipinski definition) is 0. The molecule has 1 aromatic rings. The van der Waals surface area contributed by atoms with Gasteiger partial charge in [0.1, 0.15) is 17.3 Å².